The minimum Gasteiger partial charge on any atom is -0.374 e. The lowest BCUT2D eigenvalue weighted by molar-refractivity contribution is 0.124. The van der Waals surface area contributed by atoms with Crippen molar-refractivity contribution < 1.29 is 5.11 Å². The number of hydrogen-bond donors (Lipinski definition) is 3. The van der Waals surface area contributed by atoms with Crippen LogP contribution in [0.3, 0.4) is 0 Å². The highest BCUT2D eigenvalue weighted by molar-refractivity contribution is 5.80. The number of rotatable bonds is 4. The van der Waals surface area contributed by atoms with Crippen molar-refractivity contribution in [3.8, 4) is 11.4 Å². The summed E-state index contributed by atoms with van der Waals surface area (Å²) in [6, 6.07) is 14.4. The van der Waals surface area contributed by atoms with Crippen LogP contribution in [-0.4, -0.2) is 21.3 Å². The van der Waals surface area contributed by atoms with Gasteiger partial charge in [-0.15, -0.1) is 0 Å². The number of nitrogens with one attached hydrogen (secondary N) is 2. The first-order chi connectivity index (χ1) is 12.7. The van der Waals surface area contributed by atoms with E-state index in [1.807, 2.05) is 30.3 Å². The van der Waals surface area contributed by atoms with Crippen molar-refractivity contribution in [1.82, 2.24) is 9.97 Å². The van der Waals surface area contributed by atoms with Crippen molar-refractivity contribution in [2.24, 2.45) is 5.92 Å². The van der Waals surface area contributed by atoms with Crippen LogP contribution in [-0.2, 0) is 0 Å². The van der Waals surface area contributed by atoms with Crippen LogP contribution in [0.25, 0.3) is 22.4 Å². The second-order valence-electron chi connectivity index (χ2n) is 7.52. The Balaban J connectivity index is 1.47. The molecule has 0 spiro atoms. The number of anilines is 1. The summed E-state index contributed by atoms with van der Waals surface area (Å²) in [5.74, 6) is 1.23. The van der Waals surface area contributed by atoms with Gasteiger partial charge in [-0.05, 0) is 61.7 Å². The van der Waals surface area contributed by atoms with Crippen molar-refractivity contribution >= 4 is 16.7 Å². The maximum Gasteiger partial charge on any atom is 0.138 e. The molecule has 4 heteroatoms. The van der Waals surface area contributed by atoms with E-state index in [-0.39, 0.29) is 0 Å². The van der Waals surface area contributed by atoms with Gasteiger partial charge in [0.15, 0.2) is 0 Å². The number of aliphatic hydroxyl groups is 1. The molecular formula is C22H27N3O. The number of aromatic nitrogens is 2. The number of aromatic amines is 1. The summed E-state index contributed by atoms with van der Waals surface area (Å²) in [5.41, 5.74) is 5.27. The Kier molecular flexibility index (Phi) is 4.93. The lowest BCUT2D eigenvalue weighted by Gasteiger charge is -2.23. The van der Waals surface area contributed by atoms with Crippen LogP contribution < -0.4 is 5.32 Å². The molecule has 4 rings (SSSR count). The van der Waals surface area contributed by atoms with E-state index >= 15 is 0 Å². The van der Waals surface area contributed by atoms with Crippen molar-refractivity contribution in [3.63, 3.8) is 0 Å². The summed E-state index contributed by atoms with van der Waals surface area (Å²) in [5, 5.41) is 13.8. The summed E-state index contributed by atoms with van der Waals surface area (Å²) < 4.78 is 0. The van der Waals surface area contributed by atoms with Crippen LogP contribution in [0.1, 0.15) is 44.1 Å². The van der Waals surface area contributed by atoms with E-state index in [9.17, 15) is 5.11 Å². The Morgan fingerprint density at radius 1 is 1.04 bits per heavy atom. The number of aliphatic hydroxyl groups excluding tert-OH is 1. The molecule has 1 aliphatic rings. The van der Waals surface area contributed by atoms with E-state index in [1.54, 1.807) is 0 Å². The Hall–Kier alpha value is -2.33. The van der Waals surface area contributed by atoms with Gasteiger partial charge in [-0.25, -0.2) is 4.98 Å². The fourth-order valence-corrected chi connectivity index (χ4v) is 3.90. The molecule has 0 aliphatic heterocycles. The van der Waals surface area contributed by atoms with Gasteiger partial charge in [-0.3, -0.25) is 0 Å². The molecule has 1 saturated carbocycles. The molecule has 136 valence electrons. The van der Waals surface area contributed by atoms with Gasteiger partial charge in [-0.2, -0.15) is 0 Å². The fourth-order valence-electron chi connectivity index (χ4n) is 3.90. The number of hydrogen-bond acceptors (Lipinski definition) is 3. The second kappa shape index (κ2) is 7.50. The molecule has 1 atom stereocenters. The molecule has 4 nitrogen and oxygen atoms in total. The Labute approximate surface area is 154 Å². The van der Waals surface area contributed by atoms with Gasteiger partial charge >= 0.3 is 0 Å². The largest absolute Gasteiger partial charge is 0.374 e. The van der Waals surface area contributed by atoms with E-state index in [0.29, 0.717) is 5.92 Å². The van der Waals surface area contributed by atoms with E-state index in [1.165, 1.54) is 31.2 Å². The van der Waals surface area contributed by atoms with Gasteiger partial charge in [0.25, 0.3) is 0 Å². The molecule has 0 saturated heterocycles. The normalized spacial score (nSPS) is 17.2. The van der Waals surface area contributed by atoms with E-state index in [4.69, 9.17) is 0 Å². The minimum absolute atomic E-state index is 0.357. The summed E-state index contributed by atoms with van der Waals surface area (Å²) >= 11 is 0. The summed E-state index contributed by atoms with van der Waals surface area (Å²) in [6.07, 6.45) is 6.83. The highest BCUT2D eigenvalue weighted by atomic mass is 16.3. The highest BCUT2D eigenvalue weighted by Gasteiger charge is 2.20. The van der Waals surface area contributed by atoms with Crippen molar-refractivity contribution in [3.05, 3.63) is 48.0 Å². The van der Waals surface area contributed by atoms with E-state index < -0.39 is 6.23 Å². The average molecular weight is 349 g/mol. The standard InChI is InChI=1S/C22H27N3O/c1-15-8-13-19-20(14-15)25-21(24-19)16-9-11-18(12-10-16)23-22(26)17-6-4-2-3-5-7-17/h8-14,17,22-23,26H,2-7H2,1H3,(H,24,25). The first-order valence-electron chi connectivity index (χ1n) is 9.70. The summed E-state index contributed by atoms with van der Waals surface area (Å²) in [7, 11) is 0. The van der Waals surface area contributed by atoms with Crippen LogP contribution in [0.4, 0.5) is 5.69 Å². The summed E-state index contributed by atoms with van der Waals surface area (Å²) in [6.45, 7) is 2.08. The predicted molar refractivity (Wildman–Crippen MR) is 107 cm³/mol. The number of fused-ring (bicyclic) bond motifs is 1. The highest BCUT2D eigenvalue weighted by Crippen LogP contribution is 2.27. The number of H-pyrrole nitrogens is 1. The molecule has 3 aromatic rings. The first kappa shape index (κ1) is 17.1. The molecule has 1 heterocycles. The topological polar surface area (TPSA) is 60.9 Å². The SMILES string of the molecule is Cc1ccc2nc(-c3ccc(NC(O)C4CCCCCC4)cc3)[nH]c2c1. The molecule has 26 heavy (non-hydrogen) atoms. The quantitative estimate of drug-likeness (QED) is 0.446. The van der Waals surface area contributed by atoms with Crippen molar-refractivity contribution in [1.29, 1.82) is 0 Å². The van der Waals surface area contributed by atoms with Gasteiger partial charge in [0.05, 0.1) is 11.0 Å². The lowest BCUT2D eigenvalue weighted by Crippen LogP contribution is -2.28. The van der Waals surface area contributed by atoms with Crippen molar-refractivity contribution in [2.45, 2.75) is 51.7 Å². The number of imidazole rings is 1. The number of nitrogens with zero attached hydrogens (tertiary/aromatic N) is 1. The third-order valence-electron chi connectivity index (χ3n) is 5.46. The second-order valence-corrected chi connectivity index (χ2v) is 7.52. The van der Waals surface area contributed by atoms with Crippen LogP contribution in [0.2, 0.25) is 0 Å². The van der Waals surface area contributed by atoms with Gasteiger partial charge in [0, 0.05) is 17.2 Å². The van der Waals surface area contributed by atoms with Gasteiger partial charge in [-0.1, -0.05) is 31.7 Å². The van der Waals surface area contributed by atoms with E-state index in [2.05, 4.69) is 34.3 Å². The Morgan fingerprint density at radius 2 is 1.77 bits per heavy atom. The third kappa shape index (κ3) is 3.75. The van der Waals surface area contributed by atoms with Crippen LogP contribution in [0.15, 0.2) is 42.5 Å². The number of benzene rings is 2. The first-order valence-corrected chi connectivity index (χ1v) is 9.70. The maximum atomic E-state index is 10.5. The molecular weight excluding hydrogens is 322 g/mol. The predicted octanol–water partition coefficient (Wildman–Crippen LogP) is 5.24. The monoisotopic (exact) mass is 349 g/mol. The lowest BCUT2D eigenvalue weighted by atomic mass is 9.98. The Bertz CT molecular complexity index is 861. The molecule has 1 aliphatic carbocycles. The molecule has 0 bridgehead atoms. The molecule has 1 fully saturated rings. The summed E-state index contributed by atoms with van der Waals surface area (Å²) in [4.78, 5) is 8.06. The minimum atomic E-state index is -0.465. The van der Waals surface area contributed by atoms with Crippen LogP contribution in [0.5, 0.6) is 0 Å². The van der Waals surface area contributed by atoms with Gasteiger partial charge < -0.3 is 15.4 Å². The molecule has 0 amide bonds. The van der Waals surface area contributed by atoms with Gasteiger partial charge in [0.2, 0.25) is 0 Å². The zero-order valence-corrected chi connectivity index (χ0v) is 15.3. The van der Waals surface area contributed by atoms with Gasteiger partial charge in [0.1, 0.15) is 12.1 Å². The zero-order chi connectivity index (χ0) is 17.9. The molecule has 0 radical (unpaired) electrons. The number of aryl methyl sites for hydroxylation is 1. The van der Waals surface area contributed by atoms with Crippen LogP contribution in [0, 0.1) is 12.8 Å². The van der Waals surface area contributed by atoms with E-state index in [0.717, 1.165) is 41.0 Å². The zero-order valence-electron chi connectivity index (χ0n) is 15.3. The fraction of sp³-hybridized carbons (Fsp3) is 0.409. The Morgan fingerprint density at radius 3 is 2.50 bits per heavy atom. The third-order valence-corrected chi connectivity index (χ3v) is 5.46. The van der Waals surface area contributed by atoms with Crippen LogP contribution >= 0.6 is 0 Å². The molecule has 2 aromatic carbocycles. The maximum absolute atomic E-state index is 10.5. The molecule has 1 aromatic heterocycles. The molecule has 1 unspecified atom stereocenters. The molecule has 3 N–H and O–H groups in total. The smallest absolute Gasteiger partial charge is 0.138 e. The average Bonchev–Trinajstić information content (AvgIpc) is 2.87. The van der Waals surface area contributed by atoms with Crippen molar-refractivity contribution in [2.75, 3.05) is 5.32 Å².